The standard InChI is InChI=1S/C41H30N4/c42-27-16-28-44-45(35-25-14-5-15-26-35)30-37-36(29-43)38(31-17-6-1-7-18-31)40(33-21-10-3-11-22-33)41(34-23-12-4-13-24-34)39(37)32-19-8-2-9-20-32/h1-15,17-26,28H,16,30H2/b44-28-. The molecule has 6 aromatic carbocycles. The van der Waals surface area contributed by atoms with Gasteiger partial charge < -0.3 is 0 Å². The molecular formula is C41H30N4. The summed E-state index contributed by atoms with van der Waals surface area (Å²) in [7, 11) is 0. The second-order valence-electron chi connectivity index (χ2n) is 10.5. The van der Waals surface area contributed by atoms with Gasteiger partial charge in [-0.2, -0.15) is 15.6 Å². The molecule has 0 radical (unpaired) electrons. The van der Waals surface area contributed by atoms with Gasteiger partial charge in [0.25, 0.3) is 0 Å². The molecule has 0 aliphatic carbocycles. The molecule has 0 saturated carbocycles. The van der Waals surface area contributed by atoms with Crippen LogP contribution in [0.2, 0.25) is 0 Å². The monoisotopic (exact) mass is 578 g/mol. The zero-order valence-corrected chi connectivity index (χ0v) is 24.7. The van der Waals surface area contributed by atoms with Crippen LogP contribution in [0.4, 0.5) is 5.69 Å². The van der Waals surface area contributed by atoms with Gasteiger partial charge in [-0.25, -0.2) is 0 Å². The van der Waals surface area contributed by atoms with Crippen LogP contribution in [0, 0.1) is 22.7 Å². The lowest BCUT2D eigenvalue weighted by Crippen LogP contribution is -2.18. The Kier molecular flexibility index (Phi) is 8.87. The van der Waals surface area contributed by atoms with Crippen LogP contribution in [0.5, 0.6) is 0 Å². The van der Waals surface area contributed by atoms with Gasteiger partial charge in [0.2, 0.25) is 0 Å². The molecule has 0 unspecified atom stereocenters. The van der Waals surface area contributed by atoms with Crippen LogP contribution in [0.1, 0.15) is 17.5 Å². The van der Waals surface area contributed by atoms with Gasteiger partial charge >= 0.3 is 0 Å². The van der Waals surface area contributed by atoms with E-state index in [2.05, 4.69) is 72.8 Å². The molecule has 0 spiro atoms. The van der Waals surface area contributed by atoms with E-state index in [0.717, 1.165) is 55.8 Å². The van der Waals surface area contributed by atoms with Crippen molar-refractivity contribution in [2.24, 2.45) is 5.10 Å². The summed E-state index contributed by atoms with van der Waals surface area (Å²) < 4.78 is 0. The predicted molar refractivity (Wildman–Crippen MR) is 184 cm³/mol. The number of rotatable bonds is 9. The van der Waals surface area contributed by atoms with E-state index in [4.69, 9.17) is 5.10 Å². The number of nitrogens with zero attached hydrogens (tertiary/aromatic N) is 4. The first-order valence-electron chi connectivity index (χ1n) is 14.9. The van der Waals surface area contributed by atoms with Gasteiger partial charge in [0.1, 0.15) is 6.07 Å². The maximum absolute atomic E-state index is 11.1. The van der Waals surface area contributed by atoms with Crippen LogP contribution in [-0.4, -0.2) is 6.21 Å². The third-order valence-electron chi connectivity index (χ3n) is 7.73. The van der Waals surface area contributed by atoms with Crippen molar-refractivity contribution in [2.75, 3.05) is 5.01 Å². The fourth-order valence-electron chi connectivity index (χ4n) is 5.82. The topological polar surface area (TPSA) is 63.2 Å². The minimum atomic E-state index is 0.178. The van der Waals surface area contributed by atoms with E-state index in [1.165, 1.54) is 0 Å². The van der Waals surface area contributed by atoms with Gasteiger partial charge in [0, 0.05) is 17.3 Å². The number of nitriles is 2. The summed E-state index contributed by atoms with van der Waals surface area (Å²) >= 11 is 0. The average molecular weight is 579 g/mol. The van der Waals surface area contributed by atoms with Crippen LogP contribution in [-0.2, 0) is 6.54 Å². The zero-order valence-electron chi connectivity index (χ0n) is 24.7. The van der Waals surface area contributed by atoms with Crippen molar-refractivity contribution in [1.29, 1.82) is 10.5 Å². The van der Waals surface area contributed by atoms with Crippen molar-refractivity contribution >= 4 is 11.9 Å². The first-order valence-corrected chi connectivity index (χ1v) is 14.9. The highest BCUT2D eigenvalue weighted by Gasteiger charge is 2.28. The molecule has 0 N–H and O–H groups in total. The minimum Gasteiger partial charge on any atom is -0.261 e. The summed E-state index contributed by atoms with van der Waals surface area (Å²) in [6.45, 7) is 0.313. The molecule has 0 bridgehead atoms. The number of benzene rings is 6. The number of para-hydroxylation sites is 1. The molecule has 0 fully saturated rings. The maximum atomic E-state index is 11.1. The van der Waals surface area contributed by atoms with Gasteiger partial charge in [0.15, 0.2) is 0 Å². The Morgan fingerprint density at radius 2 is 0.911 bits per heavy atom. The van der Waals surface area contributed by atoms with Gasteiger partial charge in [0.05, 0.1) is 30.3 Å². The first kappa shape index (κ1) is 28.9. The largest absolute Gasteiger partial charge is 0.261 e. The van der Waals surface area contributed by atoms with Crippen molar-refractivity contribution in [2.45, 2.75) is 13.0 Å². The van der Waals surface area contributed by atoms with Crippen LogP contribution in [0.3, 0.4) is 0 Å². The van der Waals surface area contributed by atoms with E-state index < -0.39 is 0 Å². The van der Waals surface area contributed by atoms with Crippen molar-refractivity contribution in [1.82, 2.24) is 0 Å². The smallest absolute Gasteiger partial charge is 0.100 e. The molecule has 0 aliphatic rings. The van der Waals surface area contributed by atoms with Gasteiger partial charge in [-0.15, -0.1) is 0 Å². The summed E-state index contributed by atoms with van der Waals surface area (Å²) in [5, 5.41) is 27.0. The lowest BCUT2D eigenvalue weighted by Gasteiger charge is -2.28. The van der Waals surface area contributed by atoms with Gasteiger partial charge in [-0.3, -0.25) is 5.01 Å². The molecule has 0 aliphatic heterocycles. The molecule has 0 atom stereocenters. The second kappa shape index (κ2) is 13.8. The highest BCUT2D eigenvalue weighted by atomic mass is 15.4. The van der Waals surface area contributed by atoms with E-state index in [1.54, 1.807) is 6.21 Å². The Labute approximate surface area is 264 Å². The quantitative estimate of drug-likeness (QED) is 0.127. The van der Waals surface area contributed by atoms with E-state index >= 15 is 0 Å². The Morgan fingerprint density at radius 1 is 0.511 bits per heavy atom. The fourth-order valence-corrected chi connectivity index (χ4v) is 5.82. The molecule has 0 heterocycles. The number of hydrazone groups is 1. The van der Waals surface area contributed by atoms with Gasteiger partial charge in [-0.1, -0.05) is 140 Å². The third kappa shape index (κ3) is 6.13. The second-order valence-corrected chi connectivity index (χ2v) is 10.5. The molecule has 214 valence electrons. The molecule has 6 rings (SSSR count). The van der Waals surface area contributed by atoms with E-state index in [9.17, 15) is 10.5 Å². The highest BCUT2D eigenvalue weighted by molar-refractivity contribution is 6.05. The van der Waals surface area contributed by atoms with Crippen LogP contribution >= 0.6 is 0 Å². The fraction of sp³-hybridized carbons (Fsp3) is 0.0488. The van der Waals surface area contributed by atoms with Crippen molar-refractivity contribution in [3.8, 4) is 56.6 Å². The lowest BCUT2D eigenvalue weighted by atomic mass is 9.77. The molecule has 4 heteroatoms. The summed E-state index contributed by atoms with van der Waals surface area (Å²) in [4.78, 5) is 0. The number of hydrogen-bond acceptors (Lipinski definition) is 4. The minimum absolute atomic E-state index is 0.178. The third-order valence-corrected chi connectivity index (χ3v) is 7.73. The lowest BCUT2D eigenvalue weighted by molar-refractivity contribution is 0.856. The Bertz CT molecular complexity index is 1990. The Balaban J connectivity index is 1.79. The normalized spacial score (nSPS) is 10.7. The number of anilines is 1. The summed E-state index contributed by atoms with van der Waals surface area (Å²) in [5.74, 6) is 0. The summed E-state index contributed by atoms with van der Waals surface area (Å²) in [6, 6.07) is 55.9. The molecule has 45 heavy (non-hydrogen) atoms. The van der Waals surface area contributed by atoms with Crippen LogP contribution in [0.25, 0.3) is 44.5 Å². The Hall–Kier alpha value is -6.23. The molecule has 0 aromatic heterocycles. The molecule has 4 nitrogen and oxygen atoms in total. The molecule has 0 saturated heterocycles. The van der Waals surface area contributed by atoms with E-state index in [0.29, 0.717) is 12.1 Å². The maximum Gasteiger partial charge on any atom is 0.100 e. The molecule has 6 aromatic rings. The van der Waals surface area contributed by atoms with E-state index in [1.807, 2.05) is 96.0 Å². The van der Waals surface area contributed by atoms with Crippen molar-refractivity contribution in [3.63, 3.8) is 0 Å². The highest BCUT2D eigenvalue weighted by Crippen LogP contribution is 2.50. The van der Waals surface area contributed by atoms with Crippen LogP contribution in [0.15, 0.2) is 157 Å². The van der Waals surface area contributed by atoms with Gasteiger partial charge in [-0.05, 0) is 51.1 Å². The number of hydrogen-bond donors (Lipinski definition) is 0. The molecule has 0 amide bonds. The zero-order chi connectivity index (χ0) is 30.8. The summed E-state index contributed by atoms with van der Waals surface area (Å²) in [6.07, 6.45) is 1.80. The van der Waals surface area contributed by atoms with E-state index in [-0.39, 0.29) is 6.42 Å². The van der Waals surface area contributed by atoms with Crippen LogP contribution < -0.4 is 5.01 Å². The first-order chi connectivity index (χ1) is 22.3. The Morgan fingerprint density at radius 3 is 1.36 bits per heavy atom. The van der Waals surface area contributed by atoms with Crippen molar-refractivity contribution in [3.05, 3.63) is 163 Å². The SMILES string of the molecule is N#CC/C=N\N(Cc1c(C#N)c(-c2ccccc2)c(-c2ccccc2)c(-c2ccccc2)c1-c1ccccc1)c1ccccc1. The molecular weight excluding hydrogens is 548 g/mol. The average Bonchev–Trinajstić information content (AvgIpc) is 3.12. The van der Waals surface area contributed by atoms with Crippen molar-refractivity contribution < 1.29 is 0 Å². The summed E-state index contributed by atoms with van der Waals surface area (Å²) in [5.41, 5.74) is 10.3. The predicted octanol–water partition coefficient (Wildman–Crippen LogP) is 10.1.